The molecule has 0 atom stereocenters. The molecule has 2 aliphatic heterocycles. The molecule has 3 heterocycles. The van der Waals surface area contributed by atoms with Gasteiger partial charge in [0.05, 0.1) is 13.0 Å². The Hall–Kier alpha value is -1.37. The molecule has 0 unspecified atom stereocenters. The summed E-state index contributed by atoms with van der Waals surface area (Å²) in [6.45, 7) is 2.44. The number of carbonyl (C=O) groups excluding carboxylic acids is 1. The molecule has 1 amide bonds. The zero-order valence-electron chi connectivity index (χ0n) is 11.7. The Morgan fingerprint density at radius 3 is 2.55 bits per heavy atom. The first-order valence-electron chi connectivity index (χ1n) is 6.97. The van der Waals surface area contributed by atoms with Gasteiger partial charge in [0, 0.05) is 20.1 Å². The Bertz CT molecular complexity index is 491. The van der Waals surface area contributed by atoms with Gasteiger partial charge in [0.25, 0.3) is 0 Å². The Morgan fingerprint density at radius 1 is 1.30 bits per heavy atom. The fourth-order valence-electron chi connectivity index (χ4n) is 2.96. The van der Waals surface area contributed by atoms with Gasteiger partial charge in [-0.1, -0.05) is 0 Å². The average molecular weight is 280 g/mol. The second kappa shape index (κ2) is 5.20. The quantitative estimate of drug-likeness (QED) is 0.891. The highest BCUT2D eigenvalue weighted by Crippen LogP contribution is 2.36. The molecule has 0 radical (unpaired) electrons. The van der Waals surface area contributed by atoms with Gasteiger partial charge in [0.2, 0.25) is 5.91 Å². The highest BCUT2D eigenvalue weighted by molar-refractivity contribution is 5.77. The minimum Gasteiger partial charge on any atom is -0.462 e. The topological polar surface area (TPSA) is 66.2 Å². The number of aliphatic hydroxyl groups is 1. The van der Waals surface area contributed by atoms with Gasteiger partial charge in [0.15, 0.2) is 0 Å². The van der Waals surface area contributed by atoms with Crippen LogP contribution in [0.2, 0.25) is 0 Å². The molecule has 6 heteroatoms. The molecule has 6 nitrogen and oxygen atoms in total. The van der Waals surface area contributed by atoms with Crippen molar-refractivity contribution >= 4 is 5.91 Å². The summed E-state index contributed by atoms with van der Waals surface area (Å²) in [6.07, 6.45) is 2.21. The number of hydroxylamine groups is 2. The highest BCUT2D eigenvalue weighted by Gasteiger charge is 2.45. The summed E-state index contributed by atoms with van der Waals surface area (Å²) in [4.78, 5) is 19.6. The van der Waals surface area contributed by atoms with Gasteiger partial charge in [-0.2, -0.15) is 0 Å². The van der Waals surface area contributed by atoms with Crippen LogP contribution in [0.1, 0.15) is 30.8 Å². The molecule has 110 valence electrons. The normalized spacial score (nSPS) is 22.9. The summed E-state index contributed by atoms with van der Waals surface area (Å²) < 4.78 is 5.50. The van der Waals surface area contributed by atoms with Crippen LogP contribution in [0.3, 0.4) is 0 Å². The summed E-state index contributed by atoms with van der Waals surface area (Å²) in [5.41, 5.74) is -0.290. The zero-order valence-corrected chi connectivity index (χ0v) is 11.7. The number of likely N-dealkylation sites (tertiary alicyclic amines) is 1. The Labute approximate surface area is 117 Å². The van der Waals surface area contributed by atoms with E-state index in [1.165, 1.54) is 5.06 Å². The minimum atomic E-state index is -0.290. The number of hydrogen-bond donors (Lipinski definition) is 1. The lowest BCUT2D eigenvalue weighted by Crippen LogP contribution is -2.44. The van der Waals surface area contributed by atoms with Gasteiger partial charge in [-0.25, -0.2) is 5.06 Å². The van der Waals surface area contributed by atoms with Gasteiger partial charge >= 0.3 is 0 Å². The number of piperidine rings is 1. The number of aliphatic hydroxyl groups excluding tert-OH is 1. The van der Waals surface area contributed by atoms with Crippen LogP contribution in [0.25, 0.3) is 0 Å². The number of carbonyl (C=O) groups is 1. The Kier molecular flexibility index (Phi) is 3.54. The molecule has 3 rings (SSSR count). The van der Waals surface area contributed by atoms with E-state index >= 15 is 0 Å². The van der Waals surface area contributed by atoms with Crippen LogP contribution < -0.4 is 0 Å². The third kappa shape index (κ3) is 2.59. The zero-order chi connectivity index (χ0) is 14.2. The number of hydrogen-bond acceptors (Lipinski definition) is 5. The van der Waals surface area contributed by atoms with Crippen LogP contribution in [0.4, 0.5) is 0 Å². The standard InChI is InChI=1S/C14H20N2O4/c1-15-13(18)8-14(20-15)4-6-16(7-5-14)9-11-2-3-12(10-17)19-11/h2-3,17H,4-10H2,1H3. The lowest BCUT2D eigenvalue weighted by atomic mass is 9.88. The van der Waals surface area contributed by atoms with Crippen molar-refractivity contribution in [3.63, 3.8) is 0 Å². The molecule has 1 spiro atoms. The first-order valence-corrected chi connectivity index (χ1v) is 6.97. The highest BCUT2D eigenvalue weighted by atomic mass is 16.7. The van der Waals surface area contributed by atoms with Crippen LogP contribution in [0.5, 0.6) is 0 Å². The Balaban J connectivity index is 1.55. The van der Waals surface area contributed by atoms with Gasteiger partial charge in [-0.3, -0.25) is 14.5 Å². The minimum absolute atomic E-state index is 0.0641. The van der Waals surface area contributed by atoms with Crippen molar-refractivity contribution in [3.8, 4) is 0 Å². The van der Waals surface area contributed by atoms with Gasteiger partial charge in [-0.05, 0) is 25.0 Å². The number of rotatable bonds is 3. The van der Waals surface area contributed by atoms with E-state index < -0.39 is 0 Å². The molecule has 2 saturated heterocycles. The van der Waals surface area contributed by atoms with E-state index in [9.17, 15) is 4.79 Å². The van der Waals surface area contributed by atoms with Crippen LogP contribution in [-0.4, -0.2) is 46.7 Å². The summed E-state index contributed by atoms with van der Waals surface area (Å²) in [5.74, 6) is 1.53. The molecule has 1 aromatic rings. The smallest absolute Gasteiger partial charge is 0.248 e. The van der Waals surface area contributed by atoms with Gasteiger partial charge < -0.3 is 9.52 Å². The van der Waals surface area contributed by atoms with E-state index in [-0.39, 0.29) is 18.1 Å². The molecule has 0 aromatic carbocycles. The van der Waals surface area contributed by atoms with E-state index in [2.05, 4.69) is 4.90 Å². The largest absolute Gasteiger partial charge is 0.462 e. The second-order valence-corrected chi connectivity index (χ2v) is 5.64. The van der Waals surface area contributed by atoms with E-state index in [1.807, 2.05) is 6.07 Å². The van der Waals surface area contributed by atoms with Crippen LogP contribution in [0.15, 0.2) is 16.5 Å². The summed E-state index contributed by atoms with van der Waals surface area (Å²) >= 11 is 0. The van der Waals surface area contributed by atoms with Crippen molar-refractivity contribution in [3.05, 3.63) is 23.7 Å². The van der Waals surface area contributed by atoms with E-state index in [1.54, 1.807) is 13.1 Å². The summed E-state index contributed by atoms with van der Waals surface area (Å²) in [5, 5.41) is 10.4. The fourth-order valence-corrected chi connectivity index (χ4v) is 2.96. The van der Waals surface area contributed by atoms with Crippen molar-refractivity contribution < 1.29 is 19.2 Å². The van der Waals surface area contributed by atoms with Crippen LogP contribution >= 0.6 is 0 Å². The van der Waals surface area contributed by atoms with Gasteiger partial charge in [-0.15, -0.1) is 0 Å². The number of nitrogens with zero attached hydrogens (tertiary/aromatic N) is 2. The number of amides is 1. The molecule has 2 aliphatic rings. The molecule has 2 fully saturated rings. The maximum atomic E-state index is 11.6. The lowest BCUT2D eigenvalue weighted by molar-refractivity contribution is -0.199. The van der Waals surface area contributed by atoms with Crippen molar-refractivity contribution in [1.82, 2.24) is 9.96 Å². The molecular formula is C14H20N2O4. The molecule has 0 bridgehead atoms. The maximum absolute atomic E-state index is 11.6. The van der Waals surface area contributed by atoms with E-state index in [4.69, 9.17) is 14.4 Å². The third-order valence-corrected chi connectivity index (χ3v) is 4.18. The first-order chi connectivity index (χ1) is 9.60. The lowest BCUT2D eigenvalue weighted by Gasteiger charge is -2.37. The van der Waals surface area contributed by atoms with Crippen molar-refractivity contribution in [2.45, 2.75) is 38.0 Å². The predicted molar refractivity (Wildman–Crippen MR) is 70.3 cm³/mol. The molecule has 0 saturated carbocycles. The van der Waals surface area contributed by atoms with Crippen molar-refractivity contribution in [2.75, 3.05) is 20.1 Å². The second-order valence-electron chi connectivity index (χ2n) is 5.64. The molecule has 20 heavy (non-hydrogen) atoms. The SMILES string of the molecule is CN1OC2(CCN(Cc3ccc(CO)o3)CC2)CC1=O. The summed E-state index contributed by atoms with van der Waals surface area (Å²) in [6, 6.07) is 3.70. The van der Waals surface area contributed by atoms with Crippen LogP contribution in [-0.2, 0) is 22.8 Å². The molecule has 1 N–H and O–H groups in total. The summed E-state index contributed by atoms with van der Waals surface area (Å²) in [7, 11) is 1.68. The molecule has 1 aromatic heterocycles. The molecular weight excluding hydrogens is 260 g/mol. The van der Waals surface area contributed by atoms with E-state index in [0.29, 0.717) is 12.2 Å². The van der Waals surface area contributed by atoms with Crippen molar-refractivity contribution in [1.29, 1.82) is 0 Å². The fraction of sp³-hybridized carbons (Fsp3) is 0.643. The monoisotopic (exact) mass is 280 g/mol. The Morgan fingerprint density at radius 2 is 2.00 bits per heavy atom. The third-order valence-electron chi connectivity index (χ3n) is 4.18. The van der Waals surface area contributed by atoms with Crippen LogP contribution in [0, 0.1) is 0 Å². The predicted octanol–water partition coefficient (Wildman–Crippen LogP) is 0.900. The van der Waals surface area contributed by atoms with Gasteiger partial charge in [0.1, 0.15) is 23.7 Å². The van der Waals surface area contributed by atoms with Crippen molar-refractivity contribution in [2.24, 2.45) is 0 Å². The maximum Gasteiger partial charge on any atom is 0.248 e. The first kappa shape index (κ1) is 13.6. The van der Waals surface area contributed by atoms with E-state index in [0.717, 1.165) is 38.2 Å². The number of furan rings is 1. The molecule has 0 aliphatic carbocycles. The average Bonchev–Trinajstić information content (AvgIpc) is 2.99.